The monoisotopic (exact) mass is 379 g/mol. The van der Waals surface area contributed by atoms with Crippen LogP contribution in [0.25, 0.3) is 0 Å². The normalized spacial score (nSPS) is 11.0. The SMILES string of the molecule is O=C(CBr)NC(c1ccccc1)(c1ccccc1)c1ccccc1. The van der Waals surface area contributed by atoms with E-state index in [0.29, 0.717) is 0 Å². The summed E-state index contributed by atoms with van der Waals surface area (Å²) in [6.45, 7) is 0. The van der Waals surface area contributed by atoms with Gasteiger partial charge in [-0.3, -0.25) is 4.79 Å². The summed E-state index contributed by atoms with van der Waals surface area (Å²) in [5.41, 5.74) is 2.35. The van der Waals surface area contributed by atoms with Crippen molar-refractivity contribution in [1.82, 2.24) is 5.32 Å². The summed E-state index contributed by atoms with van der Waals surface area (Å²) in [4.78, 5) is 12.4. The third-order valence-electron chi connectivity index (χ3n) is 4.07. The molecule has 24 heavy (non-hydrogen) atoms. The van der Waals surface area contributed by atoms with E-state index in [1.165, 1.54) is 0 Å². The van der Waals surface area contributed by atoms with Gasteiger partial charge in [-0.15, -0.1) is 0 Å². The van der Waals surface area contributed by atoms with Crippen molar-refractivity contribution in [2.24, 2.45) is 0 Å². The van der Waals surface area contributed by atoms with E-state index in [9.17, 15) is 4.79 Å². The maximum absolute atomic E-state index is 12.4. The third-order valence-corrected chi connectivity index (χ3v) is 4.58. The molecule has 0 radical (unpaired) electrons. The van der Waals surface area contributed by atoms with Crippen molar-refractivity contribution in [1.29, 1.82) is 0 Å². The zero-order valence-corrected chi connectivity index (χ0v) is 14.7. The van der Waals surface area contributed by atoms with E-state index < -0.39 is 5.54 Å². The van der Waals surface area contributed by atoms with Crippen molar-refractivity contribution in [3.05, 3.63) is 108 Å². The number of amides is 1. The first kappa shape index (κ1) is 16.5. The van der Waals surface area contributed by atoms with Gasteiger partial charge in [0.05, 0.1) is 5.33 Å². The van der Waals surface area contributed by atoms with Crippen LogP contribution in [0.15, 0.2) is 91.0 Å². The highest BCUT2D eigenvalue weighted by molar-refractivity contribution is 9.09. The average Bonchev–Trinajstić information content (AvgIpc) is 2.68. The molecular formula is C21H18BrNO. The van der Waals surface area contributed by atoms with Crippen LogP contribution in [0.5, 0.6) is 0 Å². The van der Waals surface area contributed by atoms with Gasteiger partial charge in [0.1, 0.15) is 5.54 Å². The molecule has 1 N–H and O–H groups in total. The van der Waals surface area contributed by atoms with Gasteiger partial charge in [0.25, 0.3) is 0 Å². The number of nitrogens with one attached hydrogen (secondary N) is 1. The zero-order chi connectivity index (χ0) is 16.8. The Bertz CT molecular complexity index is 691. The highest BCUT2D eigenvalue weighted by Gasteiger charge is 2.37. The number of carbonyl (C=O) groups is 1. The molecule has 0 fully saturated rings. The molecule has 3 heteroatoms. The molecule has 0 bridgehead atoms. The van der Waals surface area contributed by atoms with Crippen LogP contribution in [-0.2, 0) is 10.3 Å². The Morgan fingerprint density at radius 1 is 0.708 bits per heavy atom. The molecule has 120 valence electrons. The minimum atomic E-state index is -0.728. The number of alkyl halides is 1. The molecule has 3 aromatic carbocycles. The van der Waals surface area contributed by atoms with Gasteiger partial charge in [-0.2, -0.15) is 0 Å². The van der Waals surface area contributed by atoms with Crippen molar-refractivity contribution in [2.45, 2.75) is 5.54 Å². The molecule has 0 aromatic heterocycles. The maximum Gasteiger partial charge on any atom is 0.231 e. The summed E-state index contributed by atoms with van der Waals surface area (Å²) in [7, 11) is 0. The predicted molar refractivity (Wildman–Crippen MR) is 101 cm³/mol. The molecule has 0 unspecified atom stereocenters. The first-order valence-electron chi connectivity index (χ1n) is 7.81. The van der Waals surface area contributed by atoms with Crippen LogP contribution < -0.4 is 5.32 Å². The number of halogens is 1. The lowest BCUT2D eigenvalue weighted by Gasteiger charge is -2.36. The highest BCUT2D eigenvalue weighted by Crippen LogP contribution is 2.36. The van der Waals surface area contributed by atoms with E-state index in [-0.39, 0.29) is 11.2 Å². The molecule has 0 atom stereocenters. The Morgan fingerprint density at radius 3 is 1.33 bits per heavy atom. The Balaban J connectivity index is 2.30. The van der Waals surface area contributed by atoms with Gasteiger partial charge >= 0.3 is 0 Å². The summed E-state index contributed by atoms with van der Waals surface area (Å²) in [5.74, 6) is -0.0634. The lowest BCUT2D eigenvalue weighted by Crippen LogP contribution is -2.48. The molecule has 3 aromatic rings. The first-order chi connectivity index (χ1) is 11.8. The van der Waals surface area contributed by atoms with Crippen LogP contribution in [0, 0.1) is 0 Å². The van der Waals surface area contributed by atoms with E-state index in [2.05, 4.69) is 57.6 Å². The topological polar surface area (TPSA) is 29.1 Å². The van der Waals surface area contributed by atoms with Gasteiger partial charge in [0.15, 0.2) is 0 Å². The molecule has 1 amide bonds. The molecule has 0 saturated heterocycles. The lowest BCUT2D eigenvalue weighted by molar-refractivity contribution is -0.119. The fourth-order valence-electron chi connectivity index (χ4n) is 3.02. The van der Waals surface area contributed by atoms with Crippen LogP contribution in [0.2, 0.25) is 0 Å². The van der Waals surface area contributed by atoms with Gasteiger partial charge in [-0.25, -0.2) is 0 Å². The van der Waals surface area contributed by atoms with Gasteiger partial charge in [-0.1, -0.05) is 107 Å². The second kappa shape index (κ2) is 7.45. The van der Waals surface area contributed by atoms with E-state index in [4.69, 9.17) is 0 Å². The van der Waals surface area contributed by atoms with Gasteiger partial charge < -0.3 is 5.32 Å². The van der Waals surface area contributed by atoms with Gasteiger partial charge in [0.2, 0.25) is 5.91 Å². The molecular weight excluding hydrogens is 362 g/mol. The molecule has 0 aliphatic carbocycles. The van der Waals surface area contributed by atoms with Gasteiger partial charge in [-0.05, 0) is 16.7 Å². The average molecular weight is 380 g/mol. The minimum Gasteiger partial charge on any atom is -0.338 e. The smallest absolute Gasteiger partial charge is 0.231 e. The Kier molecular flexibility index (Phi) is 5.11. The fraction of sp³-hybridized carbons (Fsp3) is 0.0952. The van der Waals surface area contributed by atoms with E-state index in [0.717, 1.165) is 16.7 Å². The van der Waals surface area contributed by atoms with Crippen molar-refractivity contribution >= 4 is 21.8 Å². The maximum atomic E-state index is 12.4. The highest BCUT2D eigenvalue weighted by atomic mass is 79.9. The third kappa shape index (κ3) is 3.13. The number of rotatable bonds is 5. The van der Waals surface area contributed by atoms with Crippen molar-refractivity contribution in [2.75, 3.05) is 5.33 Å². The Hall–Kier alpha value is -2.39. The molecule has 0 aliphatic rings. The summed E-state index contributed by atoms with van der Waals surface area (Å²) in [5, 5.41) is 3.49. The largest absolute Gasteiger partial charge is 0.338 e. The number of hydrogen-bond donors (Lipinski definition) is 1. The predicted octanol–water partition coefficient (Wildman–Crippen LogP) is 4.49. The first-order valence-corrected chi connectivity index (χ1v) is 8.93. The molecule has 0 heterocycles. The van der Waals surface area contributed by atoms with Crippen LogP contribution >= 0.6 is 15.9 Å². The summed E-state index contributed by atoms with van der Waals surface area (Å²) >= 11 is 3.27. The van der Waals surface area contributed by atoms with Crippen LogP contribution in [0.3, 0.4) is 0 Å². The number of carbonyl (C=O) groups excluding carboxylic acids is 1. The fourth-order valence-corrected chi connectivity index (χ4v) is 3.16. The van der Waals surface area contributed by atoms with Crippen molar-refractivity contribution in [3.63, 3.8) is 0 Å². The standard InChI is InChI=1S/C21H18BrNO/c22-16-20(24)23-21(17-10-4-1-5-11-17,18-12-6-2-7-13-18)19-14-8-3-9-15-19/h1-15H,16H2,(H,23,24). The molecule has 3 rings (SSSR count). The lowest BCUT2D eigenvalue weighted by atomic mass is 9.77. The summed E-state index contributed by atoms with van der Waals surface area (Å²) in [6.07, 6.45) is 0. The second-order valence-electron chi connectivity index (χ2n) is 5.53. The second-order valence-corrected chi connectivity index (χ2v) is 6.09. The zero-order valence-electron chi connectivity index (χ0n) is 13.2. The summed E-state index contributed by atoms with van der Waals surface area (Å²) < 4.78 is 0. The van der Waals surface area contributed by atoms with Gasteiger partial charge in [0, 0.05) is 0 Å². The van der Waals surface area contributed by atoms with Crippen molar-refractivity contribution < 1.29 is 4.79 Å². The Labute approximate surface area is 150 Å². The summed E-state index contributed by atoms with van der Waals surface area (Å²) in [6, 6.07) is 30.2. The van der Waals surface area contributed by atoms with E-state index in [1.807, 2.05) is 54.6 Å². The van der Waals surface area contributed by atoms with E-state index >= 15 is 0 Å². The quantitative estimate of drug-likeness (QED) is 0.513. The number of hydrogen-bond acceptors (Lipinski definition) is 1. The molecule has 0 saturated carbocycles. The van der Waals surface area contributed by atoms with Crippen LogP contribution in [0.1, 0.15) is 16.7 Å². The molecule has 0 aliphatic heterocycles. The van der Waals surface area contributed by atoms with Crippen LogP contribution in [-0.4, -0.2) is 11.2 Å². The number of benzene rings is 3. The van der Waals surface area contributed by atoms with Crippen molar-refractivity contribution in [3.8, 4) is 0 Å². The molecule has 0 spiro atoms. The Morgan fingerprint density at radius 2 is 1.04 bits per heavy atom. The molecule has 2 nitrogen and oxygen atoms in total. The minimum absolute atomic E-state index is 0.0634. The van der Waals surface area contributed by atoms with E-state index in [1.54, 1.807) is 0 Å². The van der Waals surface area contributed by atoms with Crippen LogP contribution in [0.4, 0.5) is 0 Å².